The van der Waals surface area contributed by atoms with Crippen LogP contribution in [0.2, 0.25) is 0 Å². The van der Waals surface area contributed by atoms with Crippen LogP contribution in [0, 0.1) is 0 Å². The molecule has 0 saturated carbocycles. The lowest BCUT2D eigenvalue weighted by Crippen LogP contribution is -2.27. The quantitative estimate of drug-likeness (QED) is 0.625. The summed E-state index contributed by atoms with van der Waals surface area (Å²) in [6.07, 6.45) is 2.18. The van der Waals surface area contributed by atoms with Gasteiger partial charge in [-0.1, -0.05) is 0 Å². The van der Waals surface area contributed by atoms with E-state index in [0.29, 0.717) is 12.0 Å². The molecular weight excluding hydrogens is 142 g/mol. The highest BCUT2D eigenvalue weighted by atomic mass is 16.1. The molecule has 1 unspecified atom stereocenters. The van der Waals surface area contributed by atoms with Crippen molar-refractivity contribution in [3.63, 3.8) is 0 Å². The molecular formula is C8H11NO2. The van der Waals surface area contributed by atoms with Crippen molar-refractivity contribution in [1.82, 2.24) is 5.32 Å². The topological polar surface area (TPSA) is 46.2 Å². The molecule has 0 amide bonds. The van der Waals surface area contributed by atoms with E-state index in [9.17, 15) is 9.59 Å². The molecule has 3 nitrogen and oxygen atoms in total. The SMILES string of the molecule is CC(=O)C1=CNC(C(C)=O)C1. The molecule has 0 bridgehead atoms. The van der Waals surface area contributed by atoms with Crippen LogP contribution in [0.3, 0.4) is 0 Å². The second-order valence-electron chi connectivity index (χ2n) is 2.76. The third kappa shape index (κ3) is 1.67. The van der Waals surface area contributed by atoms with E-state index >= 15 is 0 Å². The molecule has 1 rings (SSSR count). The van der Waals surface area contributed by atoms with Gasteiger partial charge in [-0.05, 0) is 13.8 Å². The molecule has 3 heteroatoms. The van der Waals surface area contributed by atoms with Gasteiger partial charge in [-0.15, -0.1) is 0 Å². The van der Waals surface area contributed by atoms with E-state index in [-0.39, 0.29) is 17.6 Å². The number of nitrogens with one attached hydrogen (secondary N) is 1. The molecule has 0 saturated heterocycles. The smallest absolute Gasteiger partial charge is 0.157 e. The Kier molecular flexibility index (Phi) is 2.08. The van der Waals surface area contributed by atoms with Crippen molar-refractivity contribution >= 4 is 11.6 Å². The molecule has 0 spiro atoms. The average molecular weight is 153 g/mol. The van der Waals surface area contributed by atoms with Crippen molar-refractivity contribution in [2.24, 2.45) is 0 Å². The first-order chi connectivity index (χ1) is 5.11. The van der Waals surface area contributed by atoms with Gasteiger partial charge in [0.15, 0.2) is 11.6 Å². The summed E-state index contributed by atoms with van der Waals surface area (Å²) in [6, 6.07) is -0.172. The van der Waals surface area contributed by atoms with Crippen molar-refractivity contribution in [2.75, 3.05) is 0 Å². The fraction of sp³-hybridized carbons (Fsp3) is 0.500. The third-order valence-electron chi connectivity index (χ3n) is 1.83. The Morgan fingerprint density at radius 1 is 1.55 bits per heavy atom. The lowest BCUT2D eigenvalue weighted by atomic mass is 10.1. The number of carbonyl (C=O) groups is 2. The third-order valence-corrected chi connectivity index (χ3v) is 1.83. The van der Waals surface area contributed by atoms with Crippen LogP contribution in [0.5, 0.6) is 0 Å². The Hall–Kier alpha value is -1.12. The maximum absolute atomic E-state index is 10.8. The van der Waals surface area contributed by atoms with Crippen LogP contribution in [0.15, 0.2) is 11.8 Å². The van der Waals surface area contributed by atoms with Crippen molar-refractivity contribution in [2.45, 2.75) is 26.3 Å². The summed E-state index contributed by atoms with van der Waals surface area (Å²) in [7, 11) is 0. The van der Waals surface area contributed by atoms with Crippen LogP contribution in [-0.4, -0.2) is 17.6 Å². The van der Waals surface area contributed by atoms with Crippen molar-refractivity contribution in [3.8, 4) is 0 Å². The highest BCUT2D eigenvalue weighted by Crippen LogP contribution is 2.13. The predicted molar refractivity (Wildman–Crippen MR) is 41.0 cm³/mol. The van der Waals surface area contributed by atoms with Gasteiger partial charge in [0.2, 0.25) is 0 Å². The number of rotatable bonds is 2. The largest absolute Gasteiger partial charge is 0.381 e. The van der Waals surface area contributed by atoms with Gasteiger partial charge in [0.1, 0.15) is 0 Å². The Bertz CT molecular complexity index is 230. The van der Waals surface area contributed by atoms with Crippen molar-refractivity contribution in [3.05, 3.63) is 11.8 Å². The molecule has 1 atom stereocenters. The molecule has 60 valence electrons. The molecule has 1 aliphatic heterocycles. The highest BCUT2D eigenvalue weighted by Gasteiger charge is 2.21. The maximum Gasteiger partial charge on any atom is 0.157 e. The van der Waals surface area contributed by atoms with E-state index < -0.39 is 0 Å². The van der Waals surface area contributed by atoms with Crippen molar-refractivity contribution in [1.29, 1.82) is 0 Å². The predicted octanol–water partition coefficient (Wildman–Crippen LogP) is 0.410. The molecule has 1 aliphatic rings. The van der Waals surface area contributed by atoms with Crippen LogP contribution in [-0.2, 0) is 9.59 Å². The Morgan fingerprint density at radius 3 is 2.45 bits per heavy atom. The van der Waals surface area contributed by atoms with E-state index in [1.165, 1.54) is 13.8 Å². The van der Waals surface area contributed by atoms with Gasteiger partial charge in [-0.2, -0.15) is 0 Å². The van der Waals surface area contributed by atoms with Crippen LogP contribution < -0.4 is 5.32 Å². The maximum atomic E-state index is 10.8. The Labute approximate surface area is 65.5 Å². The Balaban J connectivity index is 2.56. The second kappa shape index (κ2) is 2.86. The molecule has 0 fully saturated rings. The number of Topliss-reactive ketones (excluding diaryl/α,β-unsaturated/α-hetero) is 2. The first-order valence-corrected chi connectivity index (χ1v) is 3.57. The zero-order valence-corrected chi connectivity index (χ0v) is 6.68. The summed E-state index contributed by atoms with van der Waals surface area (Å²) in [5.74, 6) is 0.124. The summed E-state index contributed by atoms with van der Waals surface area (Å²) in [6.45, 7) is 3.03. The summed E-state index contributed by atoms with van der Waals surface area (Å²) < 4.78 is 0. The zero-order chi connectivity index (χ0) is 8.43. The van der Waals surface area contributed by atoms with Crippen molar-refractivity contribution < 1.29 is 9.59 Å². The minimum atomic E-state index is -0.172. The number of ketones is 2. The van der Waals surface area contributed by atoms with E-state index in [1.54, 1.807) is 6.20 Å². The van der Waals surface area contributed by atoms with Gasteiger partial charge < -0.3 is 5.32 Å². The standard InChI is InChI=1S/C8H11NO2/c1-5(10)7-3-8(6(2)11)9-4-7/h4,8-9H,3H2,1-2H3. The molecule has 0 aliphatic carbocycles. The first-order valence-electron chi connectivity index (χ1n) is 3.57. The van der Waals surface area contributed by atoms with Gasteiger partial charge >= 0.3 is 0 Å². The Morgan fingerprint density at radius 2 is 2.18 bits per heavy atom. The summed E-state index contributed by atoms with van der Waals surface area (Å²) in [5.41, 5.74) is 0.713. The van der Waals surface area contributed by atoms with Gasteiger partial charge in [-0.3, -0.25) is 9.59 Å². The highest BCUT2D eigenvalue weighted by molar-refractivity contribution is 5.95. The number of hydrogen-bond acceptors (Lipinski definition) is 3. The zero-order valence-electron chi connectivity index (χ0n) is 6.68. The summed E-state index contributed by atoms with van der Waals surface area (Å²) in [4.78, 5) is 21.6. The molecule has 1 N–H and O–H groups in total. The fourth-order valence-corrected chi connectivity index (χ4v) is 1.05. The van der Waals surface area contributed by atoms with E-state index in [1.807, 2.05) is 0 Å². The van der Waals surface area contributed by atoms with Crippen LogP contribution in [0.1, 0.15) is 20.3 Å². The monoisotopic (exact) mass is 153 g/mol. The van der Waals surface area contributed by atoms with Gasteiger partial charge in [0.25, 0.3) is 0 Å². The normalized spacial score (nSPS) is 22.4. The summed E-state index contributed by atoms with van der Waals surface area (Å²) >= 11 is 0. The van der Waals surface area contributed by atoms with Gasteiger partial charge in [-0.25, -0.2) is 0 Å². The molecule has 0 aromatic heterocycles. The average Bonchev–Trinajstić information content (AvgIpc) is 2.33. The number of hydrogen-bond donors (Lipinski definition) is 1. The van der Waals surface area contributed by atoms with E-state index in [2.05, 4.69) is 5.32 Å². The minimum Gasteiger partial charge on any atom is -0.381 e. The molecule has 0 radical (unpaired) electrons. The van der Waals surface area contributed by atoms with Crippen LogP contribution >= 0.6 is 0 Å². The fourth-order valence-electron chi connectivity index (χ4n) is 1.05. The van der Waals surface area contributed by atoms with Gasteiger partial charge in [0, 0.05) is 18.2 Å². The minimum absolute atomic E-state index is 0.0428. The molecule has 1 heterocycles. The lowest BCUT2D eigenvalue weighted by Gasteiger charge is -2.04. The number of carbonyl (C=O) groups excluding carboxylic acids is 2. The first kappa shape index (κ1) is 7.98. The van der Waals surface area contributed by atoms with E-state index in [0.717, 1.165) is 0 Å². The molecule has 11 heavy (non-hydrogen) atoms. The van der Waals surface area contributed by atoms with Crippen LogP contribution in [0.25, 0.3) is 0 Å². The molecule has 0 aromatic carbocycles. The summed E-state index contributed by atoms with van der Waals surface area (Å²) in [5, 5.41) is 2.86. The van der Waals surface area contributed by atoms with E-state index in [4.69, 9.17) is 0 Å². The van der Waals surface area contributed by atoms with Crippen LogP contribution in [0.4, 0.5) is 0 Å². The lowest BCUT2D eigenvalue weighted by molar-refractivity contribution is -0.118. The van der Waals surface area contributed by atoms with Gasteiger partial charge in [0.05, 0.1) is 6.04 Å². The molecule has 0 aromatic rings. The second-order valence-corrected chi connectivity index (χ2v) is 2.76.